The number of hydrogen-bond donors (Lipinski definition) is 0. The number of hydrogen-bond acceptors (Lipinski definition) is 2. The van der Waals surface area contributed by atoms with Gasteiger partial charge in [0.15, 0.2) is 0 Å². The summed E-state index contributed by atoms with van der Waals surface area (Å²) in [6.45, 7) is 6.82. The molecule has 1 nitrogen and oxygen atoms in total. The molecule has 2 heteroatoms. The molecule has 0 amide bonds. The van der Waals surface area contributed by atoms with Crippen molar-refractivity contribution in [2.45, 2.75) is 26.1 Å². The second kappa shape index (κ2) is 2.50. The fourth-order valence-corrected chi connectivity index (χ4v) is 2.28. The summed E-state index contributed by atoms with van der Waals surface area (Å²) >= 11 is 1.90. The number of rotatable bonds is 0. The summed E-state index contributed by atoms with van der Waals surface area (Å²) in [5.41, 5.74) is 0.378. The Morgan fingerprint density at radius 1 is 1.40 bits per heavy atom. The van der Waals surface area contributed by atoms with E-state index in [4.69, 9.17) is 0 Å². The van der Waals surface area contributed by atoms with Crippen LogP contribution >= 0.6 is 11.8 Å². The highest BCUT2D eigenvalue weighted by atomic mass is 32.2. The minimum Gasteiger partial charge on any atom is -0.367 e. The Morgan fingerprint density at radius 2 is 2.00 bits per heavy atom. The van der Waals surface area contributed by atoms with Gasteiger partial charge in [0.25, 0.3) is 0 Å². The zero-order chi connectivity index (χ0) is 7.78. The van der Waals surface area contributed by atoms with Crippen LogP contribution in [0, 0.1) is 5.41 Å². The van der Waals surface area contributed by atoms with Gasteiger partial charge in [0.2, 0.25) is 0 Å². The first-order valence-corrected chi connectivity index (χ1v) is 4.50. The topological polar surface area (TPSA) is 3.24 Å². The molecule has 0 bridgehead atoms. The summed E-state index contributed by atoms with van der Waals surface area (Å²) in [5.74, 6) is 0. The van der Waals surface area contributed by atoms with E-state index in [-0.39, 0.29) is 0 Å². The molecule has 58 valence electrons. The minimum atomic E-state index is 0.378. The lowest BCUT2D eigenvalue weighted by atomic mass is 9.96. The van der Waals surface area contributed by atoms with Crippen molar-refractivity contribution in [1.29, 1.82) is 0 Å². The van der Waals surface area contributed by atoms with E-state index in [0.29, 0.717) is 10.8 Å². The third-order valence-corrected chi connectivity index (χ3v) is 3.19. The molecule has 1 atom stereocenters. The van der Waals surface area contributed by atoms with Crippen molar-refractivity contribution in [2.24, 2.45) is 5.41 Å². The van der Waals surface area contributed by atoms with Crippen LogP contribution in [0.1, 0.15) is 20.8 Å². The first-order chi connectivity index (χ1) is 4.52. The Kier molecular flexibility index (Phi) is 1.99. The highest BCUT2D eigenvalue weighted by molar-refractivity contribution is 8.02. The first-order valence-electron chi connectivity index (χ1n) is 3.56. The summed E-state index contributed by atoms with van der Waals surface area (Å²) in [6, 6.07) is 0. The zero-order valence-corrected chi connectivity index (χ0v) is 7.90. The van der Waals surface area contributed by atoms with E-state index >= 15 is 0 Å². The lowest BCUT2D eigenvalue weighted by molar-refractivity contribution is 0.258. The van der Waals surface area contributed by atoms with E-state index in [0.717, 1.165) is 0 Å². The molecule has 0 aliphatic carbocycles. The van der Waals surface area contributed by atoms with Gasteiger partial charge in [0, 0.05) is 13.2 Å². The van der Waals surface area contributed by atoms with Crippen molar-refractivity contribution < 1.29 is 0 Å². The van der Waals surface area contributed by atoms with Gasteiger partial charge in [-0.15, -0.1) is 11.8 Å². The van der Waals surface area contributed by atoms with Gasteiger partial charge < -0.3 is 4.90 Å². The van der Waals surface area contributed by atoms with Gasteiger partial charge in [0.05, 0.1) is 5.37 Å². The lowest BCUT2D eigenvalue weighted by Gasteiger charge is -2.32. The van der Waals surface area contributed by atoms with E-state index in [1.54, 1.807) is 0 Å². The summed E-state index contributed by atoms with van der Waals surface area (Å²) in [5, 5.41) is 2.78. The number of thioether (sulfide) groups is 1. The molecule has 1 aliphatic heterocycles. The van der Waals surface area contributed by atoms with Crippen LogP contribution in [0.4, 0.5) is 0 Å². The quantitative estimate of drug-likeness (QED) is 0.531. The van der Waals surface area contributed by atoms with Crippen LogP contribution in [-0.4, -0.2) is 17.3 Å². The summed E-state index contributed by atoms with van der Waals surface area (Å²) < 4.78 is 0. The Labute approximate surface area is 67.5 Å². The van der Waals surface area contributed by atoms with E-state index in [2.05, 4.69) is 44.3 Å². The molecule has 0 saturated heterocycles. The molecular formula is C8H15NS. The van der Waals surface area contributed by atoms with Crippen LogP contribution in [0.25, 0.3) is 0 Å². The average molecular weight is 157 g/mol. The zero-order valence-electron chi connectivity index (χ0n) is 7.09. The predicted molar refractivity (Wildman–Crippen MR) is 47.7 cm³/mol. The van der Waals surface area contributed by atoms with Crippen LogP contribution < -0.4 is 0 Å². The summed E-state index contributed by atoms with van der Waals surface area (Å²) in [4.78, 5) is 2.27. The molecule has 0 saturated carbocycles. The minimum absolute atomic E-state index is 0.378. The average Bonchev–Trinajstić information content (AvgIpc) is 2.11. The molecule has 0 aromatic rings. The molecule has 1 aliphatic rings. The Balaban J connectivity index is 2.60. The van der Waals surface area contributed by atoms with Crippen molar-refractivity contribution in [3.63, 3.8) is 0 Å². The van der Waals surface area contributed by atoms with Gasteiger partial charge >= 0.3 is 0 Å². The van der Waals surface area contributed by atoms with E-state index in [1.165, 1.54) is 0 Å². The molecular weight excluding hydrogens is 142 g/mol. The van der Waals surface area contributed by atoms with Crippen molar-refractivity contribution in [3.05, 3.63) is 11.6 Å². The van der Waals surface area contributed by atoms with Crippen LogP contribution in [0.3, 0.4) is 0 Å². The van der Waals surface area contributed by atoms with E-state index < -0.39 is 0 Å². The van der Waals surface area contributed by atoms with Crippen molar-refractivity contribution in [2.75, 3.05) is 7.05 Å². The summed E-state index contributed by atoms with van der Waals surface area (Å²) in [6.07, 6.45) is 2.14. The monoisotopic (exact) mass is 157 g/mol. The molecule has 1 heterocycles. The fourth-order valence-electron chi connectivity index (χ4n) is 1.19. The third kappa shape index (κ3) is 1.48. The smallest absolute Gasteiger partial charge is 0.0830 e. The van der Waals surface area contributed by atoms with Crippen molar-refractivity contribution >= 4 is 11.8 Å². The van der Waals surface area contributed by atoms with Gasteiger partial charge in [0.1, 0.15) is 0 Å². The summed E-state index contributed by atoms with van der Waals surface area (Å²) in [7, 11) is 2.13. The van der Waals surface area contributed by atoms with Crippen molar-refractivity contribution in [3.8, 4) is 0 Å². The van der Waals surface area contributed by atoms with E-state index in [1.807, 2.05) is 11.8 Å². The van der Waals surface area contributed by atoms with Gasteiger partial charge in [-0.1, -0.05) is 20.8 Å². The predicted octanol–water partition coefficient (Wildman–Crippen LogP) is 2.51. The maximum Gasteiger partial charge on any atom is 0.0830 e. The molecule has 1 unspecified atom stereocenters. The van der Waals surface area contributed by atoms with Gasteiger partial charge in [-0.2, -0.15) is 0 Å². The molecule has 0 spiro atoms. The molecule has 0 aromatic carbocycles. The van der Waals surface area contributed by atoms with Crippen LogP contribution in [-0.2, 0) is 0 Å². The second-order valence-corrected chi connectivity index (χ2v) is 4.80. The van der Waals surface area contributed by atoms with Crippen LogP contribution in [0.5, 0.6) is 0 Å². The maximum absolute atomic E-state index is 2.27. The SMILES string of the molecule is CN1C=CSC1C(C)(C)C. The first kappa shape index (κ1) is 7.99. The normalized spacial score (nSPS) is 26.0. The largest absolute Gasteiger partial charge is 0.367 e. The van der Waals surface area contributed by atoms with Gasteiger partial charge in [-0.05, 0) is 10.8 Å². The maximum atomic E-state index is 2.27. The molecule has 1 rings (SSSR count). The molecule has 0 aromatic heterocycles. The standard InChI is InChI=1S/C8H15NS/c1-8(2,3)7-9(4)5-6-10-7/h5-7H,1-4H3. The lowest BCUT2D eigenvalue weighted by Crippen LogP contribution is -2.33. The highest BCUT2D eigenvalue weighted by Crippen LogP contribution is 2.36. The highest BCUT2D eigenvalue weighted by Gasteiger charge is 2.29. The van der Waals surface area contributed by atoms with E-state index in [9.17, 15) is 0 Å². The molecule has 0 fully saturated rings. The van der Waals surface area contributed by atoms with Crippen LogP contribution in [0.15, 0.2) is 11.6 Å². The molecule has 0 N–H and O–H groups in total. The number of nitrogens with zero attached hydrogens (tertiary/aromatic N) is 1. The molecule has 0 radical (unpaired) electrons. The van der Waals surface area contributed by atoms with Crippen LogP contribution in [0.2, 0.25) is 0 Å². The Bertz CT molecular complexity index is 146. The fraction of sp³-hybridized carbons (Fsp3) is 0.750. The van der Waals surface area contributed by atoms with Crippen molar-refractivity contribution in [1.82, 2.24) is 4.90 Å². The van der Waals surface area contributed by atoms with Gasteiger partial charge in [-0.3, -0.25) is 0 Å². The Hall–Kier alpha value is -0.110. The molecule has 10 heavy (non-hydrogen) atoms. The van der Waals surface area contributed by atoms with Gasteiger partial charge in [-0.25, -0.2) is 0 Å². The third-order valence-electron chi connectivity index (χ3n) is 1.61. The Morgan fingerprint density at radius 3 is 2.20 bits per heavy atom. The second-order valence-electron chi connectivity index (χ2n) is 3.81.